The van der Waals surface area contributed by atoms with Gasteiger partial charge in [0.05, 0.1) is 0 Å². The maximum absolute atomic E-state index is 12.4. The molecule has 0 heterocycles. The van der Waals surface area contributed by atoms with Crippen molar-refractivity contribution in [2.75, 3.05) is 6.54 Å². The van der Waals surface area contributed by atoms with Crippen LogP contribution in [0.25, 0.3) is 10.8 Å². The fraction of sp³-hybridized carbons (Fsp3) is 0.583. The fourth-order valence-electron chi connectivity index (χ4n) is 3.36. The van der Waals surface area contributed by atoms with Crippen LogP contribution in [0.1, 0.15) is 85.3 Å². The third-order valence-corrected chi connectivity index (χ3v) is 6.93. The van der Waals surface area contributed by atoms with E-state index in [0.717, 1.165) is 35.9 Å². The van der Waals surface area contributed by atoms with Crippen LogP contribution in [0, 0.1) is 0 Å². The molecule has 29 heavy (non-hydrogen) atoms. The Kier molecular flexibility index (Phi) is 8.88. The highest BCUT2D eigenvalue weighted by atomic mass is 32.2. The first kappa shape index (κ1) is 25.6. The van der Waals surface area contributed by atoms with Gasteiger partial charge in [0.15, 0.2) is 0 Å². The summed E-state index contributed by atoms with van der Waals surface area (Å²) in [6, 6.07) is 9.48. The number of benzene rings is 2. The van der Waals surface area contributed by atoms with Gasteiger partial charge in [-0.1, -0.05) is 85.2 Å². The number of fused-ring (bicyclic) bond motifs is 1. The molecule has 0 saturated heterocycles. The van der Waals surface area contributed by atoms with E-state index in [2.05, 4.69) is 33.8 Å². The minimum Gasteiger partial charge on any atom is -0.330 e. The summed E-state index contributed by atoms with van der Waals surface area (Å²) in [6.07, 6.45) is 4.04. The van der Waals surface area contributed by atoms with E-state index in [-0.39, 0.29) is 15.7 Å². The lowest BCUT2D eigenvalue weighted by Gasteiger charge is -2.35. The number of unbranched alkanes of at least 4 members (excludes halogenated alkanes) is 1. The van der Waals surface area contributed by atoms with Crippen LogP contribution in [0.5, 0.6) is 0 Å². The second-order valence-corrected chi connectivity index (χ2v) is 10.3. The summed E-state index contributed by atoms with van der Waals surface area (Å²) in [7, 11) is -4.34. The molecule has 0 bridgehead atoms. The lowest BCUT2D eigenvalue weighted by Crippen LogP contribution is -2.28. The Morgan fingerprint density at radius 3 is 1.93 bits per heavy atom. The number of rotatable bonds is 7. The second kappa shape index (κ2) is 10.1. The zero-order valence-electron chi connectivity index (χ0n) is 19.2. The zero-order valence-corrected chi connectivity index (χ0v) is 20.0. The molecule has 2 rings (SSSR count). The van der Waals surface area contributed by atoms with Gasteiger partial charge in [-0.15, -0.1) is 0 Å². The first-order chi connectivity index (χ1) is 13.4. The molecule has 0 radical (unpaired) electrons. The van der Waals surface area contributed by atoms with Crippen LogP contribution in [-0.4, -0.2) is 19.5 Å². The van der Waals surface area contributed by atoms with Gasteiger partial charge in [-0.3, -0.25) is 4.55 Å². The molecule has 3 N–H and O–H groups in total. The monoisotopic (exact) mass is 421 g/mol. The Labute approximate surface area is 177 Å². The van der Waals surface area contributed by atoms with Gasteiger partial charge in [-0.2, -0.15) is 8.42 Å². The van der Waals surface area contributed by atoms with E-state index in [9.17, 15) is 13.0 Å². The molecule has 2 aromatic rings. The molecule has 0 aliphatic heterocycles. The van der Waals surface area contributed by atoms with E-state index in [0.29, 0.717) is 5.39 Å². The average molecular weight is 422 g/mol. The molecule has 0 fully saturated rings. The van der Waals surface area contributed by atoms with Gasteiger partial charge >= 0.3 is 0 Å². The van der Waals surface area contributed by atoms with Gasteiger partial charge in [0.2, 0.25) is 0 Å². The lowest BCUT2D eigenvalue weighted by molar-refractivity contribution is 0.439. The molecule has 4 nitrogen and oxygen atoms in total. The highest BCUT2D eigenvalue weighted by Crippen LogP contribution is 2.44. The molecule has 0 amide bonds. The molecule has 2 aromatic carbocycles. The average Bonchev–Trinajstić information content (AvgIpc) is 2.66. The summed E-state index contributed by atoms with van der Waals surface area (Å²) < 4.78 is 34.8. The van der Waals surface area contributed by atoms with Gasteiger partial charge < -0.3 is 5.73 Å². The van der Waals surface area contributed by atoms with Crippen LogP contribution in [0.2, 0.25) is 0 Å². The van der Waals surface area contributed by atoms with Crippen LogP contribution < -0.4 is 5.73 Å². The molecule has 0 saturated carbocycles. The predicted octanol–water partition coefficient (Wildman–Crippen LogP) is 6.21. The van der Waals surface area contributed by atoms with Crippen LogP contribution in [0.4, 0.5) is 0 Å². The highest BCUT2D eigenvalue weighted by molar-refractivity contribution is 7.86. The standard InChI is InChI=1S/C20H28O3S.C4H11N/c1-7-19(3,4)16-13-14-11-9-10-12-15(14)18(24(21,22)23)17(16)20(5,6)8-2;1-2-3-4-5/h9-13H,7-8H2,1-6H3,(H,21,22,23);2-5H2,1H3. The van der Waals surface area contributed by atoms with Crippen molar-refractivity contribution in [3.63, 3.8) is 0 Å². The molecule has 0 aromatic heterocycles. The highest BCUT2D eigenvalue weighted by Gasteiger charge is 2.35. The van der Waals surface area contributed by atoms with Crippen molar-refractivity contribution in [3.05, 3.63) is 41.5 Å². The topological polar surface area (TPSA) is 80.4 Å². The minimum absolute atomic E-state index is 0.0731. The second-order valence-electron chi connectivity index (χ2n) is 8.94. The number of hydrogen-bond acceptors (Lipinski definition) is 3. The third-order valence-electron chi connectivity index (χ3n) is 5.99. The molecule has 164 valence electrons. The van der Waals surface area contributed by atoms with Gasteiger partial charge in [0, 0.05) is 5.39 Å². The van der Waals surface area contributed by atoms with E-state index < -0.39 is 10.1 Å². The molecule has 0 unspecified atom stereocenters. The normalized spacial score (nSPS) is 12.6. The molecule has 0 atom stereocenters. The summed E-state index contributed by atoms with van der Waals surface area (Å²) in [5.74, 6) is 0. The van der Waals surface area contributed by atoms with Gasteiger partial charge in [0.1, 0.15) is 4.90 Å². The Hall–Kier alpha value is -1.43. The third kappa shape index (κ3) is 6.03. The first-order valence-electron chi connectivity index (χ1n) is 10.6. The van der Waals surface area contributed by atoms with Crippen LogP contribution in [0.3, 0.4) is 0 Å². The number of hydrogen-bond donors (Lipinski definition) is 2. The maximum Gasteiger partial charge on any atom is 0.295 e. The predicted molar refractivity (Wildman–Crippen MR) is 124 cm³/mol. The van der Waals surface area contributed by atoms with E-state index >= 15 is 0 Å². The summed E-state index contributed by atoms with van der Waals surface area (Å²) in [5.41, 5.74) is 6.34. The molecule has 0 spiro atoms. The Bertz CT molecular complexity index is 913. The van der Waals surface area contributed by atoms with Crippen molar-refractivity contribution >= 4 is 20.9 Å². The maximum atomic E-state index is 12.4. The fourth-order valence-corrected chi connectivity index (χ4v) is 4.47. The lowest BCUT2D eigenvalue weighted by atomic mass is 9.70. The molecule has 5 heteroatoms. The largest absolute Gasteiger partial charge is 0.330 e. The van der Waals surface area contributed by atoms with E-state index in [1.165, 1.54) is 12.8 Å². The SMILES string of the molecule is CCC(C)(C)c1cc2ccccc2c(S(=O)(=O)O)c1C(C)(C)CC.CCCCN. The first-order valence-corrected chi connectivity index (χ1v) is 12.1. The van der Waals surface area contributed by atoms with Crippen molar-refractivity contribution in [1.29, 1.82) is 0 Å². The van der Waals surface area contributed by atoms with E-state index in [1.54, 1.807) is 6.07 Å². The summed E-state index contributed by atoms with van der Waals surface area (Å²) in [6.45, 7) is 15.5. The quantitative estimate of drug-likeness (QED) is 0.521. The Morgan fingerprint density at radius 2 is 1.52 bits per heavy atom. The van der Waals surface area contributed by atoms with Gasteiger partial charge in [0.25, 0.3) is 10.1 Å². The van der Waals surface area contributed by atoms with E-state index in [1.807, 2.05) is 39.0 Å². The number of nitrogens with two attached hydrogens (primary N) is 1. The molecular formula is C24H39NO3S. The van der Waals surface area contributed by atoms with Crippen LogP contribution in [-0.2, 0) is 20.9 Å². The van der Waals surface area contributed by atoms with Gasteiger partial charge in [-0.25, -0.2) is 0 Å². The summed E-state index contributed by atoms with van der Waals surface area (Å²) >= 11 is 0. The van der Waals surface area contributed by atoms with E-state index in [4.69, 9.17) is 5.73 Å². The van der Waals surface area contributed by atoms with Crippen molar-refractivity contribution in [1.82, 2.24) is 0 Å². The van der Waals surface area contributed by atoms with Gasteiger partial charge in [-0.05, 0) is 53.2 Å². The van der Waals surface area contributed by atoms with Crippen molar-refractivity contribution in [3.8, 4) is 0 Å². The summed E-state index contributed by atoms with van der Waals surface area (Å²) in [4.78, 5) is 0.0731. The minimum atomic E-state index is -4.34. The Balaban J connectivity index is 0.000000749. The smallest absolute Gasteiger partial charge is 0.295 e. The van der Waals surface area contributed by atoms with Crippen molar-refractivity contribution < 1.29 is 13.0 Å². The van der Waals surface area contributed by atoms with Crippen molar-refractivity contribution in [2.45, 2.75) is 89.9 Å². The molecule has 0 aliphatic carbocycles. The zero-order chi connectivity index (χ0) is 22.5. The summed E-state index contributed by atoms with van der Waals surface area (Å²) in [5, 5.41) is 1.43. The molecular weight excluding hydrogens is 382 g/mol. The Morgan fingerprint density at radius 1 is 0.966 bits per heavy atom. The molecule has 0 aliphatic rings. The van der Waals surface area contributed by atoms with Crippen LogP contribution in [0.15, 0.2) is 35.2 Å². The van der Waals surface area contributed by atoms with Crippen LogP contribution >= 0.6 is 0 Å². The van der Waals surface area contributed by atoms with Crippen molar-refractivity contribution in [2.24, 2.45) is 5.73 Å².